The first-order chi connectivity index (χ1) is 16.3. The van der Waals surface area contributed by atoms with Crippen molar-refractivity contribution in [3.63, 3.8) is 0 Å². The van der Waals surface area contributed by atoms with Gasteiger partial charge in [-0.15, -0.1) is 0 Å². The van der Waals surface area contributed by atoms with Gasteiger partial charge in [0.25, 0.3) is 0 Å². The quantitative estimate of drug-likeness (QED) is 0.590. The van der Waals surface area contributed by atoms with Crippen LogP contribution >= 0.6 is 0 Å². The second-order valence-electron chi connectivity index (χ2n) is 8.95. The van der Waals surface area contributed by atoms with Gasteiger partial charge in [-0.05, 0) is 55.3 Å². The van der Waals surface area contributed by atoms with E-state index >= 15 is 0 Å². The summed E-state index contributed by atoms with van der Waals surface area (Å²) in [5.41, 5.74) is 4.11. The van der Waals surface area contributed by atoms with E-state index in [2.05, 4.69) is 34.3 Å². The predicted molar refractivity (Wildman–Crippen MR) is 131 cm³/mol. The number of aromatic nitrogens is 1. The highest BCUT2D eigenvalue weighted by atomic mass is 19.1. The normalized spacial score (nSPS) is 16.4. The van der Waals surface area contributed by atoms with Gasteiger partial charge in [0.2, 0.25) is 5.91 Å². The summed E-state index contributed by atoms with van der Waals surface area (Å²) in [5, 5.41) is 3.45. The first kappa shape index (κ1) is 24.0. The second kappa shape index (κ2) is 10.4. The topological polar surface area (TPSA) is 48.5 Å². The number of nitrogens with zero attached hydrogens (tertiary/aromatic N) is 3. The van der Waals surface area contributed by atoms with Crippen LogP contribution in [0.4, 0.5) is 14.5 Å². The minimum Gasteiger partial charge on any atom is -0.315 e. The van der Waals surface area contributed by atoms with Crippen LogP contribution in [0, 0.1) is 18.6 Å². The number of piperazine rings is 1. The molecule has 0 aliphatic carbocycles. The van der Waals surface area contributed by atoms with Crippen LogP contribution < -0.4 is 10.2 Å². The lowest BCUT2D eigenvalue weighted by Crippen LogP contribution is -2.48. The van der Waals surface area contributed by atoms with Crippen LogP contribution in [-0.2, 0) is 17.8 Å². The summed E-state index contributed by atoms with van der Waals surface area (Å²) < 4.78 is 27.3. The first-order valence-corrected chi connectivity index (χ1v) is 11.5. The average Bonchev–Trinajstić information content (AvgIpc) is 2.80. The van der Waals surface area contributed by atoms with Crippen LogP contribution in [0.5, 0.6) is 0 Å². The van der Waals surface area contributed by atoms with Crippen molar-refractivity contribution in [2.24, 2.45) is 0 Å². The van der Waals surface area contributed by atoms with Crippen molar-refractivity contribution in [3.05, 3.63) is 83.1 Å². The zero-order valence-corrected chi connectivity index (χ0v) is 19.8. The molecule has 0 radical (unpaired) electrons. The van der Waals surface area contributed by atoms with Gasteiger partial charge in [-0.25, -0.2) is 8.78 Å². The zero-order chi connectivity index (χ0) is 24.2. The Bertz CT molecular complexity index is 1170. The summed E-state index contributed by atoms with van der Waals surface area (Å²) in [4.78, 5) is 21.5. The van der Waals surface area contributed by atoms with Gasteiger partial charge in [-0.3, -0.25) is 14.7 Å². The van der Waals surface area contributed by atoms with Gasteiger partial charge in [0, 0.05) is 62.3 Å². The number of hydrogen-bond acceptors (Lipinski definition) is 4. The first-order valence-electron chi connectivity index (χ1n) is 11.5. The Morgan fingerprint density at radius 3 is 2.59 bits per heavy atom. The van der Waals surface area contributed by atoms with Crippen molar-refractivity contribution < 1.29 is 13.6 Å². The average molecular weight is 465 g/mol. The van der Waals surface area contributed by atoms with E-state index in [1.54, 1.807) is 31.0 Å². The molecule has 5 nitrogen and oxygen atoms in total. The van der Waals surface area contributed by atoms with E-state index in [0.29, 0.717) is 17.4 Å². The summed E-state index contributed by atoms with van der Waals surface area (Å²) >= 11 is 0. The monoisotopic (exact) mass is 464 g/mol. The van der Waals surface area contributed by atoms with Crippen LogP contribution in [0.1, 0.15) is 23.7 Å². The molecule has 1 aliphatic rings. The molecule has 178 valence electrons. The van der Waals surface area contributed by atoms with Gasteiger partial charge in [0.15, 0.2) is 0 Å². The fourth-order valence-corrected chi connectivity index (χ4v) is 4.29. The van der Waals surface area contributed by atoms with E-state index in [1.807, 2.05) is 12.1 Å². The molecular weight excluding hydrogens is 434 g/mol. The molecule has 0 spiro atoms. The van der Waals surface area contributed by atoms with Gasteiger partial charge in [-0.1, -0.05) is 18.2 Å². The largest absolute Gasteiger partial charge is 0.315 e. The maximum atomic E-state index is 14.1. The maximum Gasteiger partial charge on any atom is 0.231 e. The summed E-state index contributed by atoms with van der Waals surface area (Å²) in [6, 6.07) is 15.5. The number of aryl methyl sites for hydroxylation is 1. The summed E-state index contributed by atoms with van der Waals surface area (Å²) in [7, 11) is 1.76. The molecule has 1 aliphatic heterocycles. The van der Waals surface area contributed by atoms with E-state index in [0.717, 1.165) is 43.5 Å². The van der Waals surface area contributed by atoms with Crippen LogP contribution in [0.3, 0.4) is 0 Å². The molecule has 1 aromatic heterocycles. The molecule has 7 heteroatoms. The molecule has 2 aromatic carbocycles. The number of hydrogen-bond donors (Lipinski definition) is 1. The number of halogens is 2. The lowest BCUT2D eigenvalue weighted by Gasteiger charge is -2.31. The summed E-state index contributed by atoms with van der Waals surface area (Å²) in [6.07, 6.45) is 0.182. The van der Waals surface area contributed by atoms with Gasteiger partial charge in [0.05, 0.1) is 12.1 Å². The Kier molecular flexibility index (Phi) is 7.34. The van der Waals surface area contributed by atoms with Gasteiger partial charge in [0.1, 0.15) is 11.6 Å². The molecule has 1 amide bonds. The van der Waals surface area contributed by atoms with Crippen molar-refractivity contribution in [1.82, 2.24) is 15.2 Å². The SMILES string of the molecule is Cc1nc(-c2ccc(F)cc2F)ccc1CC(=O)N(C)c1ccc(CN2CCN[C@@H](C)C2)cc1. The van der Waals surface area contributed by atoms with Gasteiger partial charge < -0.3 is 10.2 Å². The summed E-state index contributed by atoms with van der Waals surface area (Å²) in [5.74, 6) is -1.35. The smallest absolute Gasteiger partial charge is 0.231 e. The Morgan fingerprint density at radius 1 is 1.15 bits per heavy atom. The molecule has 1 N–H and O–H groups in total. The van der Waals surface area contributed by atoms with Crippen LogP contribution in [-0.4, -0.2) is 48.5 Å². The number of carbonyl (C=O) groups is 1. The third-order valence-corrected chi connectivity index (χ3v) is 6.30. The Hall–Kier alpha value is -3.16. The van der Waals surface area contributed by atoms with Crippen molar-refractivity contribution in [3.8, 4) is 11.3 Å². The molecular formula is C27H30F2N4O. The minimum absolute atomic E-state index is 0.0608. The molecule has 1 atom stereocenters. The molecule has 1 fully saturated rings. The van der Waals surface area contributed by atoms with E-state index in [9.17, 15) is 13.6 Å². The molecule has 3 aromatic rings. The standard InChI is InChI=1S/C27H30F2N4O/c1-18-16-33(13-12-30-18)17-20-4-8-23(9-5-20)32(3)27(34)14-21-6-11-26(31-19(21)2)24-10-7-22(28)15-25(24)29/h4-11,15,18,30H,12-14,16-17H2,1-3H3/t18-/m0/s1. The van der Waals surface area contributed by atoms with E-state index in [4.69, 9.17) is 0 Å². The molecule has 2 heterocycles. The van der Waals surface area contributed by atoms with E-state index < -0.39 is 11.6 Å². The molecule has 34 heavy (non-hydrogen) atoms. The van der Waals surface area contributed by atoms with Crippen LogP contribution in [0.15, 0.2) is 54.6 Å². The number of anilines is 1. The van der Waals surface area contributed by atoms with Crippen LogP contribution in [0.2, 0.25) is 0 Å². The highest BCUT2D eigenvalue weighted by molar-refractivity contribution is 5.94. The Labute approximate surface area is 199 Å². The van der Waals surface area contributed by atoms with Crippen molar-refractivity contribution >= 4 is 11.6 Å². The number of amides is 1. The third-order valence-electron chi connectivity index (χ3n) is 6.30. The fourth-order valence-electron chi connectivity index (χ4n) is 4.29. The predicted octanol–water partition coefficient (Wildman–Crippen LogP) is 4.33. The number of carbonyl (C=O) groups excluding carboxylic acids is 1. The second-order valence-corrected chi connectivity index (χ2v) is 8.95. The highest BCUT2D eigenvalue weighted by Crippen LogP contribution is 2.24. The number of likely N-dealkylation sites (N-methyl/N-ethyl adjacent to an activating group) is 1. The van der Waals surface area contributed by atoms with Crippen LogP contribution in [0.25, 0.3) is 11.3 Å². The van der Waals surface area contributed by atoms with Crippen molar-refractivity contribution in [2.45, 2.75) is 32.9 Å². The minimum atomic E-state index is -0.662. The highest BCUT2D eigenvalue weighted by Gasteiger charge is 2.17. The third kappa shape index (κ3) is 5.66. The Morgan fingerprint density at radius 2 is 1.91 bits per heavy atom. The summed E-state index contributed by atoms with van der Waals surface area (Å²) in [6.45, 7) is 7.95. The molecule has 0 bridgehead atoms. The Balaban J connectivity index is 1.40. The number of benzene rings is 2. The van der Waals surface area contributed by atoms with E-state index in [1.165, 1.54) is 17.7 Å². The zero-order valence-electron chi connectivity index (χ0n) is 19.8. The maximum absolute atomic E-state index is 14.1. The van der Waals surface area contributed by atoms with Crippen molar-refractivity contribution in [1.29, 1.82) is 0 Å². The number of pyridine rings is 1. The van der Waals surface area contributed by atoms with Crippen molar-refractivity contribution in [2.75, 3.05) is 31.6 Å². The molecule has 0 unspecified atom stereocenters. The van der Waals surface area contributed by atoms with Gasteiger partial charge in [-0.2, -0.15) is 0 Å². The fraction of sp³-hybridized carbons (Fsp3) is 0.333. The van der Waals surface area contributed by atoms with E-state index in [-0.39, 0.29) is 17.9 Å². The molecule has 4 rings (SSSR count). The lowest BCUT2D eigenvalue weighted by atomic mass is 10.1. The number of rotatable bonds is 6. The van der Waals surface area contributed by atoms with Gasteiger partial charge >= 0.3 is 0 Å². The molecule has 0 saturated carbocycles. The lowest BCUT2D eigenvalue weighted by molar-refractivity contribution is -0.117. The molecule has 1 saturated heterocycles. The number of nitrogens with one attached hydrogen (secondary N) is 1.